The van der Waals surface area contributed by atoms with Crippen LogP contribution in [0.4, 0.5) is 0 Å². The third-order valence-electron chi connectivity index (χ3n) is 4.26. The fraction of sp³-hybridized carbons (Fsp3) is 0.500. The van der Waals surface area contributed by atoms with E-state index in [0.29, 0.717) is 12.3 Å². The van der Waals surface area contributed by atoms with Crippen LogP contribution in [0.2, 0.25) is 0 Å². The lowest BCUT2D eigenvalue weighted by Gasteiger charge is -2.06. The summed E-state index contributed by atoms with van der Waals surface area (Å²) in [6.45, 7) is 5.08. The first-order valence-corrected chi connectivity index (χ1v) is 7.92. The van der Waals surface area contributed by atoms with Crippen LogP contribution in [0, 0.1) is 5.92 Å². The van der Waals surface area contributed by atoms with E-state index in [1.54, 1.807) is 6.26 Å². The van der Waals surface area contributed by atoms with Crippen LogP contribution in [0.1, 0.15) is 43.4 Å². The number of amides is 1. The summed E-state index contributed by atoms with van der Waals surface area (Å²) in [6, 6.07) is 4.37. The molecule has 0 radical (unpaired) electrons. The standard InChI is InChI=1S/C18H23NO2/c1-12(2)6-7-19-18(20)10-15-11-21-17-9-14-5-3-4-13(14)8-16(15)17/h8-9,11-12H,3-7,10H2,1-2H3,(H,19,20). The number of rotatable bonds is 5. The summed E-state index contributed by atoms with van der Waals surface area (Å²) >= 11 is 0. The Morgan fingerprint density at radius 2 is 2.05 bits per heavy atom. The molecule has 2 aromatic rings. The summed E-state index contributed by atoms with van der Waals surface area (Å²) in [4.78, 5) is 12.0. The molecular weight excluding hydrogens is 262 g/mol. The molecule has 0 spiro atoms. The lowest BCUT2D eigenvalue weighted by molar-refractivity contribution is -0.120. The number of aryl methyl sites for hydroxylation is 2. The zero-order valence-corrected chi connectivity index (χ0v) is 12.9. The van der Waals surface area contributed by atoms with Crippen molar-refractivity contribution in [3.8, 4) is 0 Å². The van der Waals surface area contributed by atoms with Gasteiger partial charge in [-0.2, -0.15) is 0 Å². The van der Waals surface area contributed by atoms with Gasteiger partial charge in [0.05, 0.1) is 12.7 Å². The number of benzene rings is 1. The van der Waals surface area contributed by atoms with Gasteiger partial charge in [0.25, 0.3) is 0 Å². The Morgan fingerprint density at radius 1 is 1.29 bits per heavy atom. The first kappa shape index (κ1) is 14.2. The van der Waals surface area contributed by atoms with Gasteiger partial charge >= 0.3 is 0 Å². The van der Waals surface area contributed by atoms with E-state index in [1.165, 1.54) is 17.5 Å². The van der Waals surface area contributed by atoms with Crippen molar-refractivity contribution in [3.05, 3.63) is 35.1 Å². The summed E-state index contributed by atoms with van der Waals surface area (Å²) in [5.41, 5.74) is 4.75. The van der Waals surface area contributed by atoms with Gasteiger partial charge in [0.1, 0.15) is 5.58 Å². The monoisotopic (exact) mass is 285 g/mol. The van der Waals surface area contributed by atoms with Crippen LogP contribution in [0.3, 0.4) is 0 Å². The minimum absolute atomic E-state index is 0.0823. The van der Waals surface area contributed by atoms with Crippen molar-refractivity contribution in [2.24, 2.45) is 5.92 Å². The highest BCUT2D eigenvalue weighted by atomic mass is 16.3. The molecule has 1 N–H and O–H groups in total. The van der Waals surface area contributed by atoms with E-state index in [1.807, 2.05) is 0 Å². The number of carbonyl (C=O) groups is 1. The van der Waals surface area contributed by atoms with Crippen molar-refractivity contribution < 1.29 is 9.21 Å². The van der Waals surface area contributed by atoms with Gasteiger partial charge in [-0.15, -0.1) is 0 Å². The molecule has 0 unspecified atom stereocenters. The molecule has 21 heavy (non-hydrogen) atoms. The van der Waals surface area contributed by atoms with Gasteiger partial charge < -0.3 is 9.73 Å². The quantitative estimate of drug-likeness (QED) is 0.911. The minimum atomic E-state index is 0.0823. The molecule has 1 aliphatic rings. The molecule has 0 fully saturated rings. The second kappa shape index (κ2) is 5.92. The topological polar surface area (TPSA) is 42.2 Å². The van der Waals surface area contributed by atoms with E-state index in [2.05, 4.69) is 31.3 Å². The Balaban J connectivity index is 1.71. The first-order valence-electron chi connectivity index (χ1n) is 7.92. The Bertz CT molecular complexity index is 655. The highest BCUT2D eigenvalue weighted by Crippen LogP contribution is 2.30. The second-order valence-corrected chi connectivity index (χ2v) is 6.44. The Morgan fingerprint density at radius 3 is 2.81 bits per heavy atom. The molecule has 3 heteroatoms. The molecule has 0 saturated carbocycles. The van der Waals surface area contributed by atoms with Crippen molar-refractivity contribution in [2.45, 2.75) is 46.0 Å². The number of furan rings is 1. The lowest BCUT2D eigenvalue weighted by atomic mass is 10.0. The van der Waals surface area contributed by atoms with E-state index in [-0.39, 0.29) is 5.91 Å². The maximum Gasteiger partial charge on any atom is 0.224 e. The highest BCUT2D eigenvalue weighted by molar-refractivity contribution is 5.88. The minimum Gasteiger partial charge on any atom is -0.464 e. The molecule has 1 aliphatic carbocycles. The number of fused-ring (bicyclic) bond motifs is 2. The zero-order valence-electron chi connectivity index (χ0n) is 12.9. The van der Waals surface area contributed by atoms with E-state index in [0.717, 1.165) is 42.3 Å². The summed E-state index contributed by atoms with van der Waals surface area (Å²) in [6.07, 6.45) is 6.69. The molecule has 0 aliphatic heterocycles. The number of carbonyl (C=O) groups excluding carboxylic acids is 1. The molecule has 1 amide bonds. The van der Waals surface area contributed by atoms with Crippen LogP contribution < -0.4 is 5.32 Å². The molecule has 1 aromatic heterocycles. The van der Waals surface area contributed by atoms with E-state index >= 15 is 0 Å². The Labute approximate surface area is 125 Å². The predicted octanol–water partition coefficient (Wildman–Crippen LogP) is 3.63. The number of hydrogen-bond acceptors (Lipinski definition) is 2. The normalized spacial score (nSPS) is 13.9. The van der Waals surface area contributed by atoms with Crippen molar-refractivity contribution in [1.82, 2.24) is 5.32 Å². The zero-order chi connectivity index (χ0) is 14.8. The van der Waals surface area contributed by atoms with Gasteiger partial charge in [0, 0.05) is 17.5 Å². The number of hydrogen-bond donors (Lipinski definition) is 1. The second-order valence-electron chi connectivity index (χ2n) is 6.44. The smallest absolute Gasteiger partial charge is 0.224 e. The van der Waals surface area contributed by atoms with E-state index in [4.69, 9.17) is 4.42 Å². The molecule has 0 bridgehead atoms. The largest absolute Gasteiger partial charge is 0.464 e. The maximum absolute atomic E-state index is 12.0. The highest BCUT2D eigenvalue weighted by Gasteiger charge is 2.16. The average molecular weight is 285 g/mol. The van der Waals surface area contributed by atoms with Crippen LogP contribution in [-0.4, -0.2) is 12.5 Å². The van der Waals surface area contributed by atoms with Gasteiger partial charge in [-0.25, -0.2) is 0 Å². The van der Waals surface area contributed by atoms with Gasteiger partial charge in [0.15, 0.2) is 0 Å². The summed E-state index contributed by atoms with van der Waals surface area (Å²) in [5.74, 6) is 0.696. The summed E-state index contributed by atoms with van der Waals surface area (Å²) in [5, 5.41) is 4.09. The van der Waals surface area contributed by atoms with Crippen LogP contribution in [-0.2, 0) is 24.1 Å². The fourth-order valence-electron chi connectivity index (χ4n) is 3.02. The molecular formula is C18H23NO2. The van der Waals surface area contributed by atoms with Crippen LogP contribution in [0.25, 0.3) is 11.0 Å². The van der Waals surface area contributed by atoms with Gasteiger partial charge in [-0.3, -0.25) is 4.79 Å². The maximum atomic E-state index is 12.0. The third-order valence-corrected chi connectivity index (χ3v) is 4.26. The third kappa shape index (κ3) is 3.12. The van der Waals surface area contributed by atoms with Crippen molar-refractivity contribution >= 4 is 16.9 Å². The molecule has 0 atom stereocenters. The van der Waals surface area contributed by atoms with Crippen LogP contribution in [0.15, 0.2) is 22.8 Å². The van der Waals surface area contributed by atoms with Crippen molar-refractivity contribution in [2.75, 3.05) is 6.54 Å². The molecule has 1 aromatic carbocycles. The van der Waals surface area contributed by atoms with Gasteiger partial charge in [-0.05, 0) is 54.9 Å². The Kier molecular flexibility index (Phi) is 4.00. The average Bonchev–Trinajstić information content (AvgIpc) is 3.03. The van der Waals surface area contributed by atoms with Crippen molar-refractivity contribution in [1.29, 1.82) is 0 Å². The molecule has 0 saturated heterocycles. The molecule has 3 rings (SSSR count). The molecule has 1 heterocycles. The van der Waals surface area contributed by atoms with Crippen LogP contribution in [0.5, 0.6) is 0 Å². The van der Waals surface area contributed by atoms with E-state index < -0.39 is 0 Å². The SMILES string of the molecule is CC(C)CCNC(=O)Cc1coc2cc3c(cc12)CCC3. The van der Waals surface area contributed by atoms with Crippen LogP contribution >= 0.6 is 0 Å². The van der Waals surface area contributed by atoms with Crippen molar-refractivity contribution in [3.63, 3.8) is 0 Å². The van der Waals surface area contributed by atoms with Gasteiger partial charge in [0.2, 0.25) is 5.91 Å². The predicted molar refractivity (Wildman–Crippen MR) is 84.4 cm³/mol. The lowest BCUT2D eigenvalue weighted by Crippen LogP contribution is -2.26. The molecule has 3 nitrogen and oxygen atoms in total. The summed E-state index contributed by atoms with van der Waals surface area (Å²) < 4.78 is 5.64. The molecule has 112 valence electrons. The Hall–Kier alpha value is -1.77. The van der Waals surface area contributed by atoms with E-state index in [9.17, 15) is 4.79 Å². The fourth-order valence-corrected chi connectivity index (χ4v) is 3.02. The first-order chi connectivity index (χ1) is 10.1. The summed E-state index contributed by atoms with van der Waals surface area (Å²) in [7, 11) is 0. The van der Waals surface area contributed by atoms with Gasteiger partial charge in [-0.1, -0.05) is 13.8 Å². The number of nitrogens with one attached hydrogen (secondary N) is 1.